The van der Waals surface area contributed by atoms with E-state index in [0.717, 1.165) is 13.1 Å². The molecule has 1 nitrogen and oxygen atoms in total. The van der Waals surface area contributed by atoms with Crippen molar-refractivity contribution < 1.29 is 8.78 Å². The van der Waals surface area contributed by atoms with Crippen molar-refractivity contribution in [3.63, 3.8) is 0 Å². The first-order valence-electron chi connectivity index (χ1n) is 6.45. The van der Waals surface area contributed by atoms with E-state index in [1.54, 1.807) is 0 Å². The SMILES string of the molecule is CC(C)CNCC(C)(C)Cc1c(F)cccc1F. The van der Waals surface area contributed by atoms with Gasteiger partial charge in [0.05, 0.1) is 0 Å². The third-order valence-electron chi connectivity index (χ3n) is 2.87. The van der Waals surface area contributed by atoms with Gasteiger partial charge < -0.3 is 5.32 Å². The highest BCUT2D eigenvalue weighted by Crippen LogP contribution is 2.24. The fourth-order valence-corrected chi connectivity index (χ4v) is 1.94. The molecule has 0 spiro atoms. The molecule has 0 saturated heterocycles. The molecule has 0 aliphatic heterocycles. The maximum atomic E-state index is 13.6. The van der Waals surface area contributed by atoms with Crippen LogP contribution in [0.1, 0.15) is 33.3 Å². The summed E-state index contributed by atoms with van der Waals surface area (Å²) in [6.07, 6.45) is 0.399. The minimum Gasteiger partial charge on any atom is -0.316 e. The zero-order chi connectivity index (χ0) is 13.8. The van der Waals surface area contributed by atoms with Gasteiger partial charge in [-0.3, -0.25) is 0 Å². The molecule has 0 saturated carbocycles. The Bertz CT molecular complexity index is 366. The predicted octanol–water partition coefficient (Wildman–Crippen LogP) is 3.78. The third kappa shape index (κ3) is 4.73. The summed E-state index contributed by atoms with van der Waals surface area (Å²) < 4.78 is 27.1. The Morgan fingerprint density at radius 2 is 1.72 bits per heavy atom. The van der Waals surface area contributed by atoms with E-state index in [9.17, 15) is 8.78 Å². The van der Waals surface area contributed by atoms with Crippen LogP contribution in [0.2, 0.25) is 0 Å². The summed E-state index contributed by atoms with van der Waals surface area (Å²) in [6, 6.07) is 4.03. The smallest absolute Gasteiger partial charge is 0.129 e. The van der Waals surface area contributed by atoms with E-state index < -0.39 is 11.6 Å². The number of rotatable bonds is 6. The Hall–Kier alpha value is -0.960. The van der Waals surface area contributed by atoms with Gasteiger partial charge in [-0.25, -0.2) is 8.78 Å². The zero-order valence-corrected chi connectivity index (χ0v) is 11.7. The molecule has 3 heteroatoms. The van der Waals surface area contributed by atoms with Gasteiger partial charge in [0.25, 0.3) is 0 Å². The standard InChI is InChI=1S/C15H23F2N/c1-11(2)9-18-10-15(3,4)8-12-13(16)6-5-7-14(12)17/h5-7,11,18H,8-10H2,1-4H3. The average Bonchev–Trinajstić information content (AvgIpc) is 2.23. The molecule has 0 amide bonds. The first-order chi connectivity index (χ1) is 8.32. The predicted molar refractivity (Wildman–Crippen MR) is 71.6 cm³/mol. The van der Waals surface area contributed by atoms with Gasteiger partial charge in [0, 0.05) is 12.1 Å². The van der Waals surface area contributed by atoms with Crippen LogP contribution in [0.4, 0.5) is 8.78 Å². The number of hydrogen-bond acceptors (Lipinski definition) is 1. The van der Waals surface area contributed by atoms with Gasteiger partial charge in [-0.15, -0.1) is 0 Å². The van der Waals surface area contributed by atoms with Crippen molar-refractivity contribution in [1.29, 1.82) is 0 Å². The molecule has 0 aliphatic rings. The van der Waals surface area contributed by atoms with Gasteiger partial charge in [-0.05, 0) is 36.4 Å². The Kier molecular flexibility index (Phi) is 5.27. The van der Waals surface area contributed by atoms with E-state index in [4.69, 9.17) is 0 Å². The Balaban J connectivity index is 2.64. The Morgan fingerprint density at radius 3 is 2.22 bits per heavy atom. The largest absolute Gasteiger partial charge is 0.316 e. The summed E-state index contributed by atoms with van der Waals surface area (Å²) in [5.41, 5.74) is 0.0200. The van der Waals surface area contributed by atoms with E-state index in [-0.39, 0.29) is 11.0 Å². The topological polar surface area (TPSA) is 12.0 Å². The van der Waals surface area contributed by atoms with Crippen molar-refractivity contribution in [1.82, 2.24) is 5.32 Å². The van der Waals surface area contributed by atoms with Crippen LogP contribution < -0.4 is 5.32 Å². The van der Waals surface area contributed by atoms with Gasteiger partial charge in [0.2, 0.25) is 0 Å². The molecule has 18 heavy (non-hydrogen) atoms. The van der Waals surface area contributed by atoms with Crippen molar-refractivity contribution in [3.05, 3.63) is 35.4 Å². The van der Waals surface area contributed by atoms with Crippen LogP contribution in [0, 0.1) is 23.0 Å². The molecule has 0 radical (unpaired) electrons. The van der Waals surface area contributed by atoms with Crippen LogP contribution in [0.25, 0.3) is 0 Å². The van der Waals surface area contributed by atoms with E-state index in [1.807, 2.05) is 13.8 Å². The highest BCUT2D eigenvalue weighted by Gasteiger charge is 2.22. The molecule has 0 bridgehead atoms. The van der Waals surface area contributed by atoms with Crippen LogP contribution in [0.5, 0.6) is 0 Å². The lowest BCUT2D eigenvalue weighted by Crippen LogP contribution is -2.33. The van der Waals surface area contributed by atoms with Gasteiger partial charge in [0.1, 0.15) is 11.6 Å². The van der Waals surface area contributed by atoms with Crippen LogP contribution in [-0.2, 0) is 6.42 Å². The second-order valence-electron chi connectivity index (χ2n) is 6.07. The van der Waals surface area contributed by atoms with E-state index in [2.05, 4.69) is 19.2 Å². The molecular weight excluding hydrogens is 232 g/mol. The molecule has 0 unspecified atom stereocenters. The fourth-order valence-electron chi connectivity index (χ4n) is 1.94. The highest BCUT2D eigenvalue weighted by atomic mass is 19.1. The summed E-state index contributed by atoms with van der Waals surface area (Å²) in [4.78, 5) is 0. The Labute approximate surface area is 109 Å². The van der Waals surface area contributed by atoms with E-state index in [0.29, 0.717) is 12.3 Å². The third-order valence-corrected chi connectivity index (χ3v) is 2.87. The summed E-state index contributed by atoms with van der Waals surface area (Å²) >= 11 is 0. The lowest BCUT2D eigenvalue weighted by molar-refractivity contribution is 0.321. The maximum Gasteiger partial charge on any atom is 0.129 e. The first kappa shape index (κ1) is 15.1. The second kappa shape index (κ2) is 6.28. The van der Waals surface area contributed by atoms with Gasteiger partial charge in [-0.2, -0.15) is 0 Å². The van der Waals surface area contributed by atoms with Gasteiger partial charge in [-0.1, -0.05) is 33.8 Å². The normalized spacial score (nSPS) is 12.2. The van der Waals surface area contributed by atoms with Crippen LogP contribution in [0.15, 0.2) is 18.2 Å². The average molecular weight is 255 g/mol. The van der Waals surface area contributed by atoms with Gasteiger partial charge in [0.15, 0.2) is 0 Å². The molecule has 0 aliphatic carbocycles. The van der Waals surface area contributed by atoms with Crippen molar-refractivity contribution in [2.45, 2.75) is 34.1 Å². The van der Waals surface area contributed by atoms with Crippen LogP contribution >= 0.6 is 0 Å². The van der Waals surface area contributed by atoms with E-state index >= 15 is 0 Å². The van der Waals surface area contributed by atoms with Gasteiger partial charge >= 0.3 is 0 Å². The van der Waals surface area contributed by atoms with Crippen molar-refractivity contribution in [3.8, 4) is 0 Å². The molecule has 0 atom stereocenters. The Morgan fingerprint density at radius 1 is 1.17 bits per heavy atom. The first-order valence-corrected chi connectivity index (χ1v) is 6.45. The molecule has 1 rings (SSSR count). The minimum atomic E-state index is -0.452. The van der Waals surface area contributed by atoms with E-state index in [1.165, 1.54) is 18.2 Å². The summed E-state index contributed by atoms with van der Waals surface area (Å²) in [7, 11) is 0. The number of benzene rings is 1. The van der Waals surface area contributed by atoms with Crippen molar-refractivity contribution >= 4 is 0 Å². The summed E-state index contributed by atoms with van der Waals surface area (Å²) in [5, 5.41) is 3.34. The fraction of sp³-hybridized carbons (Fsp3) is 0.600. The maximum absolute atomic E-state index is 13.6. The van der Waals surface area contributed by atoms with Crippen molar-refractivity contribution in [2.75, 3.05) is 13.1 Å². The quantitative estimate of drug-likeness (QED) is 0.815. The minimum absolute atomic E-state index is 0.169. The number of halogens is 2. The summed E-state index contributed by atoms with van der Waals surface area (Å²) in [5.74, 6) is -0.329. The monoisotopic (exact) mass is 255 g/mol. The molecule has 0 heterocycles. The number of hydrogen-bond donors (Lipinski definition) is 1. The lowest BCUT2D eigenvalue weighted by Gasteiger charge is -2.26. The molecule has 0 fully saturated rings. The lowest BCUT2D eigenvalue weighted by atomic mass is 9.85. The highest BCUT2D eigenvalue weighted by molar-refractivity contribution is 5.21. The molecule has 1 aromatic rings. The number of nitrogens with one attached hydrogen (secondary N) is 1. The van der Waals surface area contributed by atoms with Crippen LogP contribution in [0.3, 0.4) is 0 Å². The second-order valence-corrected chi connectivity index (χ2v) is 6.07. The molecule has 1 aromatic carbocycles. The van der Waals surface area contributed by atoms with Crippen molar-refractivity contribution in [2.24, 2.45) is 11.3 Å². The zero-order valence-electron chi connectivity index (χ0n) is 11.7. The summed E-state index contributed by atoms with van der Waals surface area (Å²) in [6.45, 7) is 9.98. The molecule has 102 valence electrons. The van der Waals surface area contributed by atoms with Crippen LogP contribution in [-0.4, -0.2) is 13.1 Å². The molecule has 0 aromatic heterocycles. The molecular formula is C15H23F2N. The molecule has 1 N–H and O–H groups in total.